The lowest BCUT2D eigenvalue weighted by Crippen LogP contribution is -2.17. The number of halogens is 1. The summed E-state index contributed by atoms with van der Waals surface area (Å²) in [5.41, 5.74) is -0.502. The van der Waals surface area contributed by atoms with E-state index in [1.807, 2.05) is 0 Å². The highest BCUT2D eigenvalue weighted by Gasteiger charge is 2.24. The maximum absolute atomic E-state index is 12.7. The van der Waals surface area contributed by atoms with Gasteiger partial charge in [0.05, 0.1) is 12.2 Å². The number of esters is 1. The number of carbonyl (C=O) groups excluding carboxylic acids is 2. The molecule has 0 spiro atoms. The number of phenolic OH excluding ortho intramolecular Hbond substituents is 2. The fourth-order valence-corrected chi connectivity index (χ4v) is 1.04. The van der Waals surface area contributed by atoms with Crippen LogP contribution < -0.4 is 0 Å². The summed E-state index contributed by atoms with van der Waals surface area (Å²) in [6.07, 6.45) is 0. The molecular formula is C10H9FO5. The number of ether oxygens (including phenoxy) is 1. The van der Waals surface area contributed by atoms with Crippen molar-refractivity contribution in [3.05, 3.63) is 23.5 Å². The van der Waals surface area contributed by atoms with Crippen LogP contribution in [0.1, 0.15) is 17.3 Å². The molecule has 1 aromatic carbocycles. The van der Waals surface area contributed by atoms with Crippen molar-refractivity contribution in [3.63, 3.8) is 0 Å². The molecule has 2 N–H and O–H groups in total. The van der Waals surface area contributed by atoms with Gasteiger partial charge in [-0.1, -0.05) is 0 Å². The van der Waals surface area contributed by atoms with Gasteiger partial charge in [-0.2, -0.15) is 0 Å². The smallest absolute Gasteiger partial charge is 0.379 e. The van der Waals surface area contributed by atoms with Crippen molar-refractivity contribution >= 4 is 11.8 Å². The van der Waals surface area contributed by atoms with Crippen LogP contribution in [0.5, 0.6) is 11.5 Å². The molecule has 6 heteroatoms. The number of ketones is 1. The first-order chi connectivity index (χ1) is 7.49. The van der Waals surface area contributed by atoms with Gasteiger partial charge in [0.25, 0.3) is 5.78 Å². The third kappa shape index (κ3) is 2.10. The lowest BCUT2D eigenvalue weighted by atomic mass is 10.1. The largest absolute Gasteiger partial charge is 0.504 e. The van der Waals surface area contributed by atoms with Crippen molar-refractivity contribution in [3.8, 4) is 11.5 Å². The molecule has 0 aliphatic carbocycles. The maximum atomic E-state index is 12.7. The second kappa shape index (κ2) is 4.61. The van der Waals surface area contributed by atoms with E-state index in [1.54, 1.807) is 0 Å². The first-order valence-electron chi connectivity index (χ1n) is 4.41. The van der Waals surface area contributed by atoms with Crippen molar-refractivity contribution < 1.29 is 28.9 Å². The molecule has 86 valence electrons. The lowest BCUT2D eigenvalue weighted by Gasteiger charge is -2.05. The number of hydrogen-bond donors (Lipinski definition) is 2. The molecule has 0 saturated heterocycles. The van der Waals surface area contributed by atoms with E-state index in [4.69, 9.17) is 5.11 Å². The summed E-state index contributed by atoms with van der Waals surface area (Å²) in [6, 6.07) is 1.66. The first-order valence-corrected chi connectivity index (χ1v) is 4.41. The predicted octanol–water partition coefficient (Wildman–Crippen LogP) is 0.983. The van der Waals surface area contributed by atoms with Crippen LogP contribution in [-0.2, 0) is 9.53 Å². The minimum atomic E-state index is -1.18. The standard InChI is InChI=1S/C10H9FO5/c1-2-16-10(15)8(13)5-3-4-6(11)9(14)7(5)12/h3-4,12,14H,2H2,1H3. The number of phenols is 2. The molecular weight excluding hydrogens is 219 g/mol. The second-order valence-corrected chi connectivity index (χ2v) is 2.84. The molecule has 16 heavy (non-hydrogen) atoms. The Hall–Kier alpha value is -2.11. The molecule has 0 aliphatic rings. The molecule has 0 aromatic heterocycles. The number of rotatable bonds is 3. The van der Waals surface area contributed by atoms with Crippen LogP contribution in [0, 0.1) is 5.82 Å². The normalized spacial score (nSPS) is 9.88. The van der Waals surface area contributed by atoms with Crippen molar-refractivity contribution in [2.45, 2.75) is 6.92 Å². The Morgan fingerprint density at radius 2 is 1.94 bits per heavy atom. The molecule has 0 amide bonds. The zero-order valence-corrected chi connectivity index (χ0v) is 8.36. The van der Waals surface area contributed by atoms with Crippen molar-refractivity contribution in [2.24, 2.45) is 0 Å². The Kier molecular flexibility index (Phi) is 3.44. The third-order valence-corrected chi connectivity index (χ3v) is 1.81. The summed E-state index contributed by atoms with van der Waals surface area (Å²) in [7, 11) is 0. The molecule has 0 bridgehead atoms. The number of benzene rings is 1. The van der Waals surface area contributed by atoms with Gasteiger partial charge in [-0.25, -0.2) is 9.18 Å². The van der Waals surface area contributed by atoms with E-state index in [-0.39, 0.29) is 6.61 Å². The molecule has 1 rings (SSSR count). The minimum Gasteiger partial charge on any atom is -0.504 e. The predicted molar refractivity (Wildman–Crippen MR) is 50.7 cm³/mol. The molecule has 0 aliphatic heterocycles. The Morgan fingerprint density at radius 3 is 2.50 bits per heavy atom. The van der Waals surface area contributed by atoms with Crippen LogP contribution >= 0.6 is 0 Å². The highest BCUT2D eigenvalue weighted by Crippen LogP contribution is 2.31. The fourth-order valence-electron chi connectivity index (χ4n) is 1.04. The molecule has 1 aromatic rings. The SMILES string of the molecule is CCOC(=O)C(=O)c1ccc(F)c(O)c1O. The van der Waals surface area contributed by atoms with Gasteiger partial charge in [-0.15, -0.1) is 0 Å². The minimum absolute atomic E-state index is 0.00148. The summed E-state index contributed by atoms with van der Waals surface area (Å²) in [6.45, 7) is 1.51. The second-order valence-electron chi connectivity index (χ2n) is 2.84. The summed E-state index contributed by atoms with van der Waals surface area (Å²) in [5, 5.41) is 18.3. The van der Waals surface area contributed by atoms with Crippen LogP contribution in [0.4, 0.5) is 4.39 Å². The highest BCUT2D eigenvalue weighted by molar-refractivity contribution is 6.41. The molecule has 0 fully saturated rings. The van der Waals surface area contributed by atoms with Gasteiger partial charge in [0, 0.05) is 0 Å². The van der Waals surface area contributed by atoms with Gasteiger partial charge in [0.2, 0.25) is 0 Å². The van der Waals surface area contributed by atoms with Crippen LogP contribution in [-0.4, -0.2) is 28.6 Å². The van der Waals surface area contributed by atoms with E-state index in [0.29, 0.717) is 0 Å². The van der Waals surface area contributed by atoms with Gasteiger partial charge in [0.15, 0.2) is 17.3 Å². The van der Waals surface area contributed by atoms with Crippen LogP contribution in [0.2, 0.25) is 0 Å². The van der Waals surface area contributed by atoms with E-state index in [0.717, 1.165) is 12.1 Å². The van der Waals surface area contributed by atoms with Crippen molar-refractivity contribution in [1.82, 2.24) is 0 Å². The molecule has 0 atom stereocenters. The van der Waals surface area contributed by atoms with Gasteiger partial charge < -0.3 is 14.9 Å². The zero-order valence-electron chi connectivity index (χ0n) is 8.36. The van der Waals surface area contributed by atoms with Crippen LogP contribution in [0.25, 0.3) is 0 Å². The third-order valence-electron chi connectivity index (χ3n) is 1.81. The monoisotopic (exact) mass is 228 g/mol. The maximum Gasteiger partial charge on any atom is 0.379 e. The molecule has 0 radical (unpaired) electrons. The van der Waals surface area contributed by atoms with E-state index in [9.17, 15) is 19.1 Å². The number of Topliss-reactive ketones (excluding diaryl/α,β-unsaturated/α-hetero) is 1. The first kappa shape index (κ1) is 12.0. The van der Waals surface area contributed by atoms with E-state index in [2.05, 4.69) is 4.74 Å². The summed E-state index contributed by atoms with van der Waals surface area (Å²) in [4.78, 5) is 22.4. The lowest BCUT2D eigenvalue weighted by molar-refractivity contribution is -0.137. The molecule has 0 unspecified atom stereocenters. The summed E-state index contributed by atoms with van der Waals surface area (Å²) in [5.74, 6) is -5.45. The van der Waals surface area contributed by atoms with E-state index >= 15 is 0 Å². The van der Waals surface area contributed by atoms with E-state index < -0.39 is 34.6 Å². The molecule has 5 nitrogen and oxygen atoms in total. The topological polar surface area (TPSA) is 83.8 Å². The highest BCUT2D eigenvalue weighted by atomic mass is 19.1. The average molecular weight is 228 g/mol. The zero-order chi connectivity index (χ0) is 12.3. The summed E-state index contributed by atoms with van der Waals surface area (Å²) < 4.78 is 17.1. The molecule has 0 heterocycles. The average Bonchev–Trinajstić information content (AvgIpc) is 2.26. The van der Waals surface area contributed by atoms with Crippen molar-refractivity contribution in [1.29, 1.82) is 0 Å². The number of hydrogen-bond acceptors (Lipinski definition) is 5. The Morgan fingerprint density at radius 1 is 1.31 bits per heavy atom. The van der Waals surface area contributed by atoms with Crippen LogP contribution in [0.3, 0.4) is 0 Å². The molecule has 0 saturated carbocycles. The van der Waals surface area contributed by atoms with Crippen molar-refractivity contribution in [2.75, 3.05) is 6.61 Å². The Balaban J connectivity index is 3.10. The van der Waals surface area contributed by atoms with Crippen LogP contribution in [0.15, 0.2) is 12.1 Å². The van der Waals surface area contributed by atoms with Gasteiger partial charge in [-0.3, -0.25) is 4.79 Å². The quantitative estimate of drug-likeness (QED) is 0.348. The van der Waals surface area contributed by atoms with Gasteiger partial charge in [-0.05, 0) is 19.1 Å². The summed E-state index contributed by atoms with van der Waals surface area (Å²) >= 11 is 0. The Labute approximate surface area is 90.1 Å². The van der Waals surface area contributed by atoms with E-state index in [1.165, 1.54) is 6.92 Å². The van der Waals surface area contributed by atoms with Gasteiger partial charge >= 0.3 is 5.97 Å². The fraction of sp³-hybridized carbons (Fsp3) is 0.200. The number of aromatic hydroxyl groups is 2. The Bertz CT molecular complexity index is 441. The van der Waals surface area contributed by atoms with Gasteiger partial charge in [0.1, 0.15) is 0 Å². The number of carbonyl (C=O) groups is 2.